The fourth-order valence-electron chi connectivity index (χ4n) is 3.47. The van der Waals surface area contributed by atoms with Gasteiger partial charge in [-0.1, -0.05) is 12.1 Å². The summed E-state index contributed by atoms with van der Waals surface area (Å²) in [6, 6.07) is 7.38. The van der Waals surface area contributed by atoms with E-state index in [1.165, 1.54) is 0 Å². The Morgan fingerprint density at radius 1 is 1.36 bits per heavy atom. The van der Waals surface area contributed by atoms with Gasteiger partial charge in [-0.05, 0) is 38.3 Å². The van der Waals surface area contributed by atoms with Crippen LogP contribution < -0.4 is 10.9 Å². The second kappa shape index (κ2) is 5.91. The summed E-state index contributed by atoms with van der Waals surface area (Å²) < 4.78 is 1.74. The minimum Gasteiger partial charge on any atom is -0.344 e. The van der Waals surface area contributed by atoms with E-state index in [0.29, 0.717) is 18.4 Å². The van der Waals surface area contributed by atoms with Gasteiger partial charge >= 0.3 is 0 Å². The fourth-order valence-corrected chi connectivity index (χ4v) is 3.47. The highest BCUT2D eigenvalue weighted by Gasteiger charge is 2.42. The number of hydrogen-bond acceptors (Lipinski definition) is 3. The number of fused-ring (bicyclic) bond motifs is 1. The van der Waals surface area contributed by atoms with Crippen molar-refractivity contribution in [3.05, 3.63) is 52.3 Å². The molecule has 7 nitrogen and oxygen atoms in total. The normalized spacial score (nSPS) is 15.9. The molecule has 3 N–H and O–H groups in total. The number of nitrogens with zero attached hydrogens (tertiary/aromatic N) is 2. The topological polar surface area (TPSA) is 95.6 Å². The molecule has 0 unspecified atom stereocenters. The van der Waals surface area contributed by atoms with Crippen molar-refractivity contribution in [3.8, 4) is 0 Å². The number of imidazole rings is 1. The lowest BCUT2D eigenvalue weighted by molar-refractivity contribution is -0.124. The van der Waals surface area contributed by atoms with Crippen LogP contribution in [0.1, 0.15) is 37.2 Å². The van der Waals surface area contributed by atoms with Crippen molar-refractivity contribution in [2.75, 3.05) is 0 Å². The van der Waals surface area contributed by atoms with Crippen molar-refractivity contribution in [2.24, 2.45) is 0 Å². The predicted octanol–water partition coefficient (Wildman–Crippen LogP) is 1.95. The molecule has 1 aromatic carbocycles. The summed E-state index contributed by atoms with van der Waals surface area (Å²) in [6.45, 7) is 2.39. The molecule has 2 aromatic heterocycles. The quantitative estimate of drug-likeness (QED) is 0.663. The van der Waals surface area contributed by atoms with Crippen LogP contribution in [0.3, 0.4) is 0 Å². The summed E-state index contributed by atoms with van der Waals surface area (Å²) in [7, 11) is 0. The number of amides is 1. The van der Waals surface area contributed by atoms with E-state index in [2.05, 4.69) is 20.4 Å². The third kappa shape index (κ3) is 2.75. The van der Waals surface area contributed by atoms with Crippen molar-refractivity contribution in [1.29, 1.82) is 0 Å². The summed E-state index contributed by atoms with van der Waals surface area (Å²) >= 11 is 0. The highest BCUT2D eigenvalue weighted by Crippen LogP contribution is 2.39. The Kier molecular flexibility index (Phi) is 3.71. The molecule has 4 rings (SSSR count). The first-order valence-electron chi connectivity index (χ1n) is 8.58. The zero-order valence-electron chi connectivity index (χ0n) is 14.1. The van der Waals surface area contributed by atoms with Crippen LogP contribution >= 0.6 is 0 Å². The summed E-state index contributed by atoms with van der Waals surface area (Å²) in [4.78, 5) is 32.1. The average molecular weight is 339 g/mol. The Bertz CT molecular complexity index is 977. The van der Waals surface area contributed by atoms with E-state index in [-0.39, 0.29) is 17.0 Å². The van der Waals surface area contributed by atoms with Crippen LogP contribution in [0.25, 0.3) is 10.9 Å². The number of rotatable bonds is 5. The Balaban J connectivity index is 1.46. The molecule has 0 atom stereocenters. The van der Waals surface area contributed by atoms with Gasteiger partial charge in [0.15, 0.2) is 0 Å². The molecule has 7 heteroatoms. The van der Waals surface area contributed by atoms with Crippen LogP contribution in [0, 0.1) is 6.92 Å². The largest absolute Gasteiger partial charge is 0.344 e. The molecule has 0 aliphatic heterocycles. The smallest absolute Gasteiger partial charge is 0.271 e. The van der Waals surface area contributed by atoms with Crippen LogP contribution in [0.5, 0.6) is 0 Å². The standard InChI is InChI=1S/C18H21N5O2/c1-12-11-19-17(20-12)18(8-4-9-18)21-15(24)7-10-23-14-6-3-2-5-13(14)16(25)22-23/h2-3,5-6,11H,4,7-10H2,1H3,(H,19,20)(H,21,24)(H,22,25). The lowest BCUT2D eigenvalue weighted by Crippen LogP contribution is -2.51. The third-order valence-electron chi connectivity index (χ3n) is 4.98. The van der Waals surface area contributed by atoms with Gasteiger partial charge in [-0.2, -0.15) is 0 Å². The fraction of sp³-hybridized carbons (Fsp3) is 0.389. The molecule has 2 heterocycles. The predicted molar refractivity (Wildman–Crippen MR) is 94.2 cm³/mol. The molecule has 130 valence electrons. The summed E-state index contributed by atoms with van der Waals surface area (Å²) in [5.74, 6) is 0.803. The van der Waals surface area contributed by atoms with E-state index in [1.54, 1.807) is 16.9 Å². The van der Waals surface area contributed by atoms with Gasteiger partial charge in [0.2, 0.25) is 5.91 Å². The van der Waals surface area contributed by atoms with E-state index in [4.69, 9.17) is 0 Å². The minimum absolute atomic E-state index is 0.0348. The Morgan fingerprint density at radius 2 is 2.16 bits per heavy atom. The van der Waals surface area contributed by atoms with Crippen molar-refractivity contribution >= 4 is 16.8 Å². The highest BCUT2D eigenvalue weighted by atomic mass is 16.2. The van der Waals surface area contributed by atoms with Gasteiger partial charge < -0.3 is 10.3 Å². The van der Waals surface area contributed by atoms with Crippen LogP contribution in [-0.4, -0.2) is 25.7 Å². The number of aromatic amines is 2. The lowest BCUT2D eigenvalue weighted by Gasteiger charge is -2.40. The van der Waals surface area contributed by atoms with Gasteiger partial charge in [-0.3, -0.25) is 19.4 Å². The molecule has 1 fully saturated rings. The summed E-state index contributed by atoms with van der Waals surface area (Å²) in [5, 5.41) is 6.59. The van der Waals surface area contributed by atoms with E-state index in [1.807, 2.05) is 25.1 Å². The minimum atomic E-state index is -0.364. The van der Waals surface area contributed by atoms with Gasteiger partial charge in [0, 0.05) is 24.9 Å². The second-order valence-corrected chi connectivity index (χ2v) is 6.76. The van der Waals surface area contributed by atoms with E-state index in [9.17, 15) is 9.59 Å². The first-order valence-corrected chi connectivity index (χ1v) is 8.58. The maximum absolute atomic E-state index is 12.5. The van der Waals surface area contributed by atoms with Crippen molar-refractivity contribution in [1.82, 2.24) is 25.1 Å². The zero-order chi connectivity index (χ0) is 17.4. The highest BCUT2D eigenvalue weighted by molar-refractivity contribution is 5.79. The van der Waals surface area contributed by atoms with Gasteiger partial charge in [0.25, 0.3) is 5.56 Å². The molecular weight excluding hydrogens is 318 g/mol. The van der Waals surface area contributed by atoms with Crippen LogP contribution in [-0.2, 0) is 16.9 Å². The van der Waals surface area contributed by atoms with Crippen molar-refractivity contribution in [3.63, 3.8) is 0 Å². The van der Waals surface area contributed by atoms with E-state index in [0.717, 1.165) is 36.3 Å². The maximum atomic E-state index is 12.5. The number of carbonyl (C=O) groups is 1. The Morgan fingerprint density at radius 3 is 2.84 bits per heavy atom. The number of nitrogens with one attached hydrogen (secondary N) is 3. The monoisotopic (exact) mass is 339 g/mol. The SMILES string of the molecule is Cc1cnc(C2(NC(=O)CCn3[nH]c(=O)c4ccccc43)CCC2)[nH]1. The molecule has 1 aliphatic carbocycles. The molecule has 25 heavy (non-hydrogen) atoms. The first kappa shape index (κ1) is 15.7. The third-order valence-corrected chi connectivity index (χ3v) is 4.98. The number of carbonyl (C=O) groups excluding carboxylic acids is 1. The lowest BCUT2D eigenvalue weighted by atomic mass is 9.76. The zero-order valence-corrected chi connectivity index (χ0v) is 14.1. The van der Waals surface area contributed by atoms with E-state index < -0.39 is 0 Å². The molecule has 1 aliphatic rings. The van der Waals surface area contributed by atoms with Crippen LogP contribution in [0.4, 0.5) is 0 Å². The van der Waals surface area contributed by atoms with Crippen LogP contribution in [0.15, 0.2) is 35.3 Å². The number of hydrogen-bond donors (Lipinski definition) is 3. The number of aromatic nitrogens is 4. The Hall–Kier alpha value is -2.83. The molecule has 0 saturated heterocycles. The Labute approximate surface area is 144 Å². The first-order chi connectivity index (χ1) is 12.1. The van der Waals surface area contributed by atoms with Crippen molar-refractivity contribution in [2.45, 2.75) is 44.7 Å². The molecule has 0 bridgehead atoms. The number of aryl methyl sites for hydroxylation is 2. The average Bonchev–Trinajstić information content (AvgIpc) is 3.14. The molecule has 0 spiro atoms. The molecular formula is C18H21N5O2. The molecule has 3 aromatic rings. The van der Waals surface area contributed by atoms with Gasteiger partial charge in [0.05, 0.1) is 16.4 Å². The summed E-state index contributed by atoms with van der Waals surface area (Å²) in [5.41, 5.74) is 1.32. The number of benzene rings is 1. The van der Waals surface area contributed by atoms with Gasteiger partial charge in [-0.25, -0.2) is 4.98 Å². The summed E-state index contributed by atoms with van der Waals surface area (Å²) in [6.07, 6.45) is 4.97. The second-order valence-electron chi connectivity index (χ2n) is 6.76. The number of H-pyrrole nitrogens is 2. The maximum Gasteiger partial charge on any atom is 0.271 e. The van der Waals surface area contributed by atoms with E-state index >= 15 is 0 Å². The molecule has 0 radical (unpaired) electrons. The van der Waals surface area contributed by atoms with Crippen LogP contribution in [0.2, 0.25) is 0 Å². The van der Waals surface area contributed by atoms with Gasteiger partial charge in [0.1, 0.15) is 5.82 Å². The van der Waals surface area contributed by atoms with Crippen molar-refractivity contribution < 1.29 is 4.79 Å². The number of para-hydroxylation sites is 1. The molecule has 1 saturated carbocycles. The van der Waals surface area contributed by atoms with Gasteiger partial charge in [-0.15, -0.1) is 0 Å². The molecule has 1 amide bonds.